The highest BCUT2D eigenvalue weighted by atomic mass is 32.1. The van der Waals surface area contributed by atoms with E-state index in [0.29, 0.717) is 26.0 Å². The summed E-state index contributed by atoms with van der Waals surface area (Å²) in [7, 11) is 0. The molecule has 29 heavy (non-hydrogen) atoms. The molecule has 1 heterocycles. The maximum absolute atomic E-state index is 12.8. The second-order valence-electron chi connectivity index (χ2n) is 6.66. The molecule has 150 valence electrons. The van der Waals surface area contributed by atoms with Crippen LogP contribution in [-0.2, 0) is 11.2 Å². The number of nitrogens with zero attached hydrogens (tertiary/aromatic N) is 3. The zero-order valence-corrected chi connectivity index (χ0v) is 17.5. The predicted octanol–water partition coefficient (Wildman–Crippen LogP) is 5.35. The summed E-state index contributed by atoms with van der Waals surface area (Å²) < 4.78 is 6.67. The van der Waals surface area contributed by atoms with Gasteiger partial charge in [0.2, 0.25) is 5.91 Å². The van der Waals surface area contributed by atoms with Crippen LogP contribution in [0.15, 0.2) is 48.5 Å². The van der Waals surface area contributed by atoms with E-state index in [1.54, 1.807) is 16.2 Å². The van der Waals surface area contributed by atoms with Gasteiger partial charge in [0.25, 0.3) is 0 Å². The zero-order valence-electron chi connectivity index (χ0n) is 16.6. The lowest BCUT2D eigenvalue weighted by Gasteiger charge is -2.22. The first-order chi connectivity index (χ1) is 14.2. The molecule has 3 aromatic rings. The Morgan fingerprint density at radius 3 is 2.69 bits per heavy atom. The molecule has 0 radical (unpaired) electrons. The minimum atomic E-state index is 0.0497. The van der Waals surface area contributed by atoms with Gasteiger partial charge >= 0.3 is 0 Å². The number of rotatable bonds is 10. The van der Waals surface area contributed by atoms with Gasteiger partial charge in [-0.05, 0) is 62.6 Å². The number of fused-ring (bicyclic) bond motifs is 1. The van der Waals surface area contributed by atoms with Crippen LogP contribution in [-0.4, -0.2) is 24.0 Å². The van der Waals surface area contributed by atoms with Gasteiger partial charge in [0, 0.05) is 18.7 Å². The standard InChI is InChI=1S/C23H25N3O2S/c1-2-28-19-14-12-18(13-15-19)26(17-7-16-24)23(27)11-6-5-10-22-25-20-8-3-4-9-21(20)29-22/h3-4,8-9,12-15H,2,5-7,10-11,17H2,1H3. The van der Waals surface area contributed by atoms with Crippen molar-refractivity contribution in [3.05, 3.63) is 53.5 Å². The van der Waals surface area contributed by atoms with Crippen molar-refractivity contribution in [3.63, 3.8) is 0 Å². The molecule has 0 unspecified atom stereocenters. The third kappa shape index (κ3) is 5.78. The number of benzene rings is 2. The van der Waals surface area contributed by atoms with E-state index in [1.807, 2.05) is 49.4 Å². The number of aryl methyl sites for hydroxylation is 1. The van der Waals surface area contributed by atoms with Crippen molar-refractivity contribution in [3.8, 4) is 11.8 Å². The number of ether oxygens (including phenoxy) is 1. The molecule has 0 saturated carbocycles. The second-order valence-corrected chi connectivity index (χ2v) is 7.78. The number of nitriles is 1. The van der Waals surface area contributed by atoms with Crippen molar-refractivity contribution >= 4 is 33.1 Å². The van der Waals surface area contributed by atoms with Crippen molar-refractivity contribution in [2.75, 3.05) is 18.1 Å². The quantitative estimate of drug-likeness (QED) is 0.425. The fourth-order valence-corrected chi connectivity index (χ4v) is 4.17. The van der Waals surface area contributed by atoms with E-state index in [1.165, 1.54) is 4.70 Å². The molecule has 2 aromatic carbocycles. The van der Waals surface area contributed by atoms with Gasteiger partial charge in [0.15, 0.2) is 0 Å². The lowest BCUT2D eigenvalue weighted by molar-refractivity contribution is -0.118. The van der Waals surface area contributed by atoms with Gasteiger partial charge in [-0.1, -0.05) is 12.1 Å². The number of para-hydroxylation sites is 1. The molecular formula is C23H25N3O2S. The third-order valence-corrected chi connectivity index (χ3v) is 5.67. The zero-order chi connectivity index (χ0) is 20.5. The maximum Gasteiger partial charge on any atom is 0.227 e. The van der Waals surface area contributed by atoms with Gasteiger partial charge in [-0.3, -0.25) is 4.79 Å². The normalized spacial score (nSPS) is 10.6. The number of unbranched alkanes of at least 4 members (excludes halogenated alkanes) is 1. The highest BCUT2D eigenvalue weighted by Crippen LogP contribution is 2.24. The van der Waals surface area contributed by atoms with Crippen LogP contribution in [0, 0.1) is 11.3 Å². The lowest BCUT2D eigenvalue weighted by Crippen LogP contribution is -2.31. The Labute approximate surface area is 175 Å². The fourth-order valence-electron chi connectivity index (χ4n) is 3.16. The van der Waals surface area contributed by atoms with Gasteiger partial charge < -0.3 is 9.64 Å². The van der Waals surface area contributed by atoms with Gasteiger partial charge in [0.05, 0.1) is 34.3 Å². The highest BCUT2D eigenvalue weighted by Gasteiger charge is 2.15. The van der Waals surface area contributed by atoms with Crippen molar-refractivity contribution in [1.29, 1.82) is 5.26 Å². The van der Waals surface area contributed by atoms with Crippen LogP contribution in [0.4, 0.5) is 5.69 Å². The summed E-state index contributed by atoms with van der Waals surface area (Å²) in [5, 5.41) is 10.1. The summed E-state index contributed by atoms with van der Waals surface area (Å²) in [6.45, 7) is 2.94. The smallest absolute Gasteiger partial charge is 0.227 e. The number of amides is 1. The number of aromatic nitrogens is 1. The molecule has 0 N–H and O–H groups in total. The fraction of sp³-hybridized carbons (Fsp3) is 0.348. The van der Waals surface area contributed by atoms with E-state index < -0.39 is 0 Å². The Kier molecular flexibility index (Phi) is 7.60. The summed E-state index contributed by atoms with van der Waals surface area (Å²) in [5.74, 6) is 0.827. The summed E-state index contributed by atoms with van der Waals surface area (Å²) >= 11 is 1.72. The van der Waals surface area contributed by atoms with Crippen molar-refractivity contribution < 1.29 is 9.53 Å². The molecule has 5 nitrogen and oxygen atoms in total. The van der Waals surface area contributed by atoms with E-state index in [9.17, 15) is 4.79 Å². The Morgan fingerprint density at radius 1 is 1.17 bits per heavy atom. The van der Waals surface area contributed by atoms with Crippen molar-refractivity contribution in [2.45, 2.75) is 39.0 Å². The van der Waals surface area contributed by atoms with E-state index in [0.717, 1.165) is 41.2 Å². The van der Waals surface area contributed by atoms with Gasteiger partial charge in [-0.2, -0.15) is 5.26 Å². The predicted molar refractivity (Wildman–Crippen MR) is 117 cm³/mol. The molecule has 0 aliphatic carbocycles. The van der Waals surface area contributed by atoms with Crippen LogP contribution < -0.4 is 9.64 Å². The first kappa shape index (κ1) is 20.8. The van der Waals surface area contributed by atoms with Crippen LogP contribution in [0.2, 0.25) is 0 Å². The molecule has 0 saturated heterocycles. The second kappa shape index (κ2) is 10.6. The van der Waals surface area contributed by atoms with E-state index in [-0.39, 0.29) is 5.91 Å². The first-order valence-electron chi connectivity index (χ1n) is 9.96. The molecule has 3 rings (SSSR count). The molecule has 0 bridgehead atoms. The number of hydrogen-bond acceptors (Lipinski definition) is 5. The summed E-state index contributed by atoms with van der Waals surface area (Å²) in [4.78, 5) is 19.1. The molecule has 1 amide bonds. The molecular weight excluding hydrogens is 382 g/mol. The minimum absolute atomic E-state index is 0.0497. The van der Waals surface area contributed by atoms with Crippen LogP contribution in [0.5, 0.6) is 5.75 Å². The lowest BCUT2D eigenvalue weighted by atomic mass is 10.1. The van der Waals surface area contributed by atoms with Crippen LogP contribution in [0.1, 0.15) is 37.6 Å². The molecule has 0 atom stereocenters. The van der Waals surface area contributed by atoms with Crippen LogP contribution in [0.3, 0.4) is 0 Å². The SMILES string of the molecule is CCOc1ccc(N(CCC#N)C(=O)CCCCc2nc3ccccc3s2)cc1. The highest BCUT2D eigenvalue weighted by molar-refractivity contribution is 7.18. The van der Waals surface area contributed by atoms with Gasteiger partial charge in [-0.15, -0.1) is 11.3 Å². The maximum atomic E-state index is 12.8. The third-order valence-electron chi connectivity index (χ3n) is 4.58. The number of anilines is 1. The average Bonchev–Trinajstić information content (AvgIpc) is 3.16. The van der Waals surface area contributed by atoms with Crippen LogP contribution in [0.25, 0.3) is 10.2 Å². The Morgan fingerprint density at radius 2 is 1.97 bits per heavy atom. The van der Waals surface area contributed by atoms with E-state index in [2.05, 4.69) is 17.1 Å². The largest absolute Gasteiger partial charge is 0.494 e. The summed E-state index contributed by atoms with van der Waals surface area (Å²) in [5.41, 5.74) is 1.85. The Hall–Kier alpha value is -2.91. The monoisotopic (exact) mass is 407 g/mol. The van der Waals surface area contributed by atoms with Crippen LogP contribution >= 0.6 is 11.3 Å². The molecule has 0 aliphatic heterocycles. The number of carbonyl (C=O) groups is 1. The Balaban J connectivity index is 1.54. The number of hydrogen-bond donors (Lipinski definition) is 0. The van der Waals surface area contributed by atoms with Gasteiger partial charge in [-0.25, -0.2) is 4.98 Å². The Bertz CT molecular complexity index is 943. The molecule has 0 spiro atoms. The molecule has 6 heteroatoms. The minimum Gasteiger partial charge on any atom is -0.494 e. The van der Waals surface area contributed by atoms with Gasteiger partial charge in [0.1, 0.15) is 5.75 Å². The molecule has 0 fully saturated rings. The van der Waals surface area contributed by atoms with Crippen molar-refractivity contribution in [2.24, 2.45) is 0 Å². The number of carbonyl (C=O) groups excluding carboxylic acids is 1. The topological polar surface area (TPSA) is 66.2 Å². The average molecular weight is 408 g/mol. The van der Waals surface area contributed by atoms with Crippen molar-refractivity contribution in [1.82, 2.24) is 4.98 Å². The first-order valence-corrected chi connectivity index (χ1v) is 10.8. The van der Waals surface area contributed by atoms with E-state index >= 15 is 0 Å². The summed E-state index contributed by atoms with van der Waals surface area (Å²) in [6, 6.07) is 17.7. The molecule has 0 aliphatic rings. The van der Waals surface area contributed by atoms with E-state index in [4.69, 9.17) is 10.00 Å². The molecule has 1 aromatic heterocycles. The number of thiazole rings is 1. The summed E-state index contributed by atoms with van der Waals surface area (Å²) in [6.07, 6.45) is 3.37.